The summed E-state index contributed by atoms with van der Waals surface area (Å²) in [7, 11) is 3.28. The number of amides is 2. The monoisotopic (exact) mass is 439 g/mol. The Hall–Kier alpha value is -3.06. The van der Waals surface area contributed by atoms with E-state index in [0.29, 0.717) is 0 Å². The number of likely N-dealkylation sites (tertiary alicyclic amines) is 1. The van der Waals surface area contributed by atoms with Crippen LogP contribution in [0.5, 0.6) is 11.5 Å². The molecule has 1 aliphatic rings. The predicted octanol–water partition coefficient (Wildman–Crippen LogP) is 3.52. The van der Waals surface area contributed by atoms with Crippen LogP contribution in [0.15, 0.2) is 30.3 Å². The van der Waals surface area contributed by atoms with Gasteiger partial charge in [-0.05, 0) is 69.5 Å². The largest absolute Gasteiger partial charge is 0.497 e. The van der Waals surface area contributed by atoms with E-state index in [0.717, 1.165) is 58.8 Å². The number of nitrogens with zero attached hydrogens (tertiary/aromatic N) is 1. The van der Waals surface area contributed by atoms with Crippen molar-refractivity contribution < 1.29 is 19.1 Å². The van der Waals surface area contributed by atoms with Crippen LogP contribution in [-0.2, 0) is 9.59 Å². The number of ether oxygens (including phenoxy) is 2. The molecule has 7 heteroatoms. The van der Waals surface area contributed by atoms with E-state index >= 15 is 0 Å². The van der Waals surface area contributed by atoms with Gasteiger partial charge in [-0.2, -0.15) is 0 Å². The maximum Gasteiger partial charge on any atom is 0.243 e. The molecule has 0 saturated carbocycles. The van der Waals surface area contributed by atoms with E-state index in [2.05, 4.69) is 15.5 Å². The van der Waals surface area contributed by atoms with Gasteiger partial charge in [0.1, 0.15) is 11.5 Å². The van der Waals surface area contributed by atoms with Crippen molar-refractivity contribution >= 4 is 17.5 Å². The van der Waals surface area contributed by atoms with E-state index in [9.17, 15) is 9.59 Å². The highest BCUT2D eigenvalue weighted by atomic mass is 16.5. The Balaban J connectivity index is 1.58. The number of nitrogens with one attached hydrogen (secondary N) is 2. The molecule has 172 valence electrons. The highest BCUT2D eigenvalue weighted by Gasteiger charge is 2.30. The van der Waals surface area contributed by atoms with Crippen molar-refractivity contribution in [3.8, 4) is 11.5 Å². The van der Waals surface area contributed by atoms with Crippen LogP contribution >= 0.6 is 0 Å². The second-order valence-corrected chi connectivity index (χ2v) is 8.34. The number of aryl methyl sites for hydroxylation is 3. The molecule has 1 heterocycles. The molecule has 32 heavy (non-hydrogen) atoms. The molecule has 0 spiro atoms. The van der Waals surface area contributed by atoms with Crippen LogP contribution in [-0.4, -0.2) is 50.6 Å². The van der Waals surface area contributed by atoms with Gasteiger partial charge in [0.25, 0.3) is 0 Å². The molecule has 2 amide bonds. The van der Waals surface area contributed by atoms with E-state index in [4.69, 9.17) is 9.47 Å². The lowest BCUT2D eigenvalue weighted by molar-refractivity contribution is -0.125. The molecule has 7 nitrogen and oxygen atoms in total. The smallest absolute Gasteiger partial charge is 0.243 e. The summed E-state index contributed by atoms with van der Waals surface area (Å²) >= 11 is 0. The lowest BCUT2D eigenvalue weighted by atomic mass is 10.0. The van der Waals surface area contributed by atoms with Crippen LogP contribution in [0.4, 0.5) is 5.69 Å². The fraction of sp³-hybridized carbons (Fsp3) is 0.440. The van der Waals surface area contributed by atoms with Crippen molar-refractivity contribution in [2.75, 3.05) is 39.2 Å². The Kier molecular flexibility index (Phi) is 7.75. The number of hydrogen-bond donors (Lipinski definition) is 2. The third kappa shape index (κ3) is 5.59. The minimum atomic E-state index is -0.235. The number of carbonyl (C=O) groups excluding carboxylic acids is 2. The zero-order valence-corrected chi connectivity index (χ0v) is 19.6. The van der Waals surface area contributed by atoms with Crippen LogP contribution in [0, 0.1) is 20.8 Å². The summed E-state index contributed by atoms with van der Waals surface area (Å²) in [6, 6.07) is 9.86. The van der Waals surface area contributed by atoms with Gasteiger partial charge in [-0.15, -0.1) is 0 Å². The van der Waals surface area contributed by atoms with E-state index in [1.807, 2.05) is 51.1 Å². The molecule has 0 radical (unpaired) electrons. The average molecular weight is 440 g/mol. The average Bonchev–Trinajstić information content (AvgIpc) is 3.22. The first-order valence-corrected chi connectivity index (χ1v) is 10.9. The van der Waals surface area contributed by atoms with Gasteiger partial charge in [-0.1, -0.05) is 17.7 Å². The molecular formula is C25H33N3O4. The summed E-state index contributed by atoms with van der Waals surface area (Å²) in [4.78, 5) is 27.1. The summed E-state index contributed by atoms with van der Waals surface area (Å²) in [5, 5.41) is 5.67. The summed E-state index contributed by atoms with van der Waals surface area (Å²) in [5.74, 6) is 1.13. The van der Waals surface area contributed by atoms with Crippen molar-refractivity contribution in [2.45, 2.75) is 39.7 Å². The van der Waals surface area contributed by atoms with Crippen LogP contribution in [0.2, 0.25) is 0 Å². The number of carbonyl (C=O) groups is 2. The molecule has 2 aromatic carbocycles. The third-order valence-corrected chi connectivity index (χ3v) is 5.89. The van der Waals surface area contributed by atoms with Crippen LogP contribution in [0.1, 0.15) is 41.1 Å². The molecule has 3 rings (SSSR count). The summed E-state index contributed by atoms with van der Waals surface area (Å²) < 4.78 is 10.9. The van der Waals surface area contributed by atoms with Gasteiger partial charge in [-0.3, -0.25) is 14.5 Å². The normalized spacial score (nSPS) is 16.0. The first kappa shape index (κ1) is 23.6. The Morgan fingerprint density at radius 1 is 1.03 bits per heavy atom. The molecule has 1 unspecified atom stereocenters. The van der Waals surface area contributed by atoms with E-state index < -0.39 is 0 Å². The number of hydrogen-bond acceptors (Lipinski definition) is 5. The minimum absolute atomic E-state index is 0.0629. The minimum Gasteiger partial charge on any atom is -0.497 e. The van der Waals surface area contributed by atoms with Gasteiger partial charge in [0.05, 0.1) is 27.3 Å². The van der Waals surface area contributed by atoms with Crippen LogP contribution < -0.4 is 20.1 Å². The van der Waals surface area contributed by atoms with Gasteiger partial charge in [0.15, 0.2) is 0 Å². The molecule has 0 aliphatic carbocycles. The van der Waals surface area contributed by atoms with Gasteiger partial charge in [0, 0.05) is 17.3 Å². The molecule has 1 aliphatic heterocycles. The second kappa shape index (κ2) is 10.5. The maximum atomic E-state index is 12.6. The van der Waals surface area contributed by atoms with Crippen molar-refractivity contribution in [3.63, 3.8) is 0 Å². The number of anilines is 1. The molecule has 1 fully saturated rings. The first-order valence-electron chi connectivity index (χ1n) is 10.9. The summed E-state index contributed by atoms with van der Waals surface area (Å²) in [6.07, 6.45) is 1.92. The standard InChI is InChI=1S/C25H33N3O4/c1-16-11-17(2)25(18(3)12-16)27-23(29)14-26-24(30)15-28-10-6-7-21(28)20-13-19(31-4)8-9-22(20)32-5/h8-9,11-13,21H,6-7,10,14-15H2,1-5H3,(H,26,30)(H,27,29). The SMILES string of the molecule is COc1ccc(OC)c(C2CCCN2CC(=O)NCC(=O)Nc2c(C)cc(C)cc2C)c1. The molecule has 2 N–H and O–H groups in total. The van der Waals surface area contributed by atoms with Crippen molar-refractivity contribution in [2.24, 2.45) is 0 Å². The van der Waals surface area contributed by atoms with Gasteiger partial charge >= 0.3 is 0 Å². The van der Waals surface area contributed by atoms with Gasteiger partial charge in [0.2, 0.25) is 11.8 Å². The Morgan fingerprint density at radius 3 is 2.41 bits per heavy atom. The predicted molar refractivity (Wildman–Crippen MR) is 125 cm³/mol. The second-order valence-electron chi connectivity index (χ2n) is 8.34. The number of benzene rings is 2. The van der Waals surface area contributed by atoms with Gasteiger partial charge < -0.3 is 20.1 Å². The molecule has 1 atom stereocenters. The van der Waals surface area contributed by atoms with Crippen molar-refractivity contribution in [1.82, 2.24) is 10.2 Å². The van der Waals surface area contributed by atoms with E-state index in [1.54, 1.807) is 14.2 Å². The van der Waals surface area contributed by atoms with Gasteiger partial charge in [-0.25, -0.2) is 0 Å². The zero-order valence-electron chi connectivity index (χ0n) is 19.6. The lowest BCUT2D eigenvalue weighted by Crippen LogP contribution is -2.40. The third-order valence-electron chi connectivity index (χ3n) is 5.89. The number of rotatable bonds is 8. The fourth-order valence-corrected chi connectivity index (χ4v) is 4.45. The first-order chi connectivity index (χ1) is 15.3. The molecule has 1 saturated heterocycles. The summed E-state index contributed by atoms with van der Waals surface area (Å²) in [6.45, 7) is 6.93. The topological polar surface area (TPSA) is 79.9 Å². The highest BCUT2D eigenvalue weighted by Crippen LogP contribution is 2.38. The Labute approximate surface area is 190 Å². The number of methoxy groups -OCH3 is 2. The van der Waals surface area contributed by atoms with Crippen molar-refractivity contribution in [1.29, 1.82) is 0 Å². The summed E-state index contributed by atoms with van der Waals surface area (Å²) in [5.41, 5.74) is 4.99. The van der Waals surface area contributed by atoms with Crippen molar-refractivity contribution in [3.05, 3.63) is 52.6 Å². The molecule has 2 aromatic rings. The fourth-order valence-electron chi connectivity index (χ4n) is 4.45. The van der Waals surface area contributed by atoms with E-state index in [1.165, 1.54) is 0 Å². The Bertz CT molecular complexity index is 966. The van der Waals surface area contributed by atoms with Crippen LogP contribution in [0.3, 0.4) is 0 Å². The molecule has 0 aromatic heterocycles. The van der Waals surface area contributed by atoms with E-state index in [-0.39, 0.29) is 30.9 Å². The quantitative estimate of drug-likeness (QED) is 0.658. The molecular weight excluding hydrogens is 406 g/mol. The maximum absolute atomic E-state index is 12.6. The molecule has 0 bridgehead atoms. The lowest BCUT2D eigenvalue weighted by Gasteiger charge is -2.26. The zero-order chi connectivity index (χ0) is 23.3. The highest BCUT2D eigenvalue weighted by molar-refractivity contribution is 5.96. The Morgan fingerprint density at radius 2 is 1.75 bits per heavy atom. The van der Waals surface area contributed by atoms with Crippen LogP contribution in [0.25, 0.3) is 0 Å².